The Morgan fingerprint density at radius 3 is 2.86 bits per heavy atom. The molecule has 1 rings (SSSR count). The average Bonchev–Trinajstić information content (AvgIpc) is 2.09. The molecule has 0 aromatic carbocycles. The molecule has 0 fully saturated rings. The first-order chi connectivity index (χ1) is 6.50. The van der Waals surface area contributed by atoms with Crippen LogP contribution >= 0.6 is 11.6 Å². The van der Waals surface area contributed by atoms with Crippen molar-refractivity contribution in [1.82, 2.24) is 0 Å². The van der Waals surface area contributed by atoms with Gasteiger partial charge in [-0.05, 0) is 32.8 Å². The molecule has 14 heavy (non-hydrogen) atoms. The Balaban J connectivity index is 2.56. The minimum absolute atomic E-state index is 0.139. The summed E-state index contributed by atoms with van der Waals surface area (Å²) in [6.07, 6.45) is 2.25. The average molecular weight is 217 g/mol. The smallest absolute Gasteiger partial charge is 0.324 e. The highest BCUT2D eigenvalue weighted by atomic mass is 35.5. The summed E-state index contributed by atoms with van der Waals surface area (Å²) in [5.74, 6) is -0.669. The first-order valence-electron chi connectivity index (χ1n) is 4.56. The molecule has 78 valence electrons. The summed E-state index contributed by atoms with van der Waals surface area (Å²) in [7, 11) is 0. The minimum Gasteiger partial charge on any atom is -0.453 e. The van der Waals surface area contributed by atoms with Gasteiger partial charge in [-0.3, -0.25) is 9.59 Å². The Morgan fingerprint density at radius 2 is 2.36 bits per heavy atom. The van der Waals surface area contributed by atoms with Gasteiger partial charge in [-0.1, -0.05) is 5.57 Å². The van der Waals surface area contributed by atoms with E-state index < -0.39 is 17.5 Å². The van der Waals surface area contributed by atoms with Crippen molar-refractivity contribution in [2.75, 3.05) is 0 Å². The van der Waals surface area contributed by atoms with Crippen LogP contribution in [0.3, 0.4) is 0 Å². The molecule has 1 aliphatic carbocycles. The monoisotopic (exact) mass is 216 g/mol. The van der Waals surface area contributed by atoms with Gasteiger partial charge in [0.2, 0.25) is 0 Å². The van der Waals surface area contributed by atoms with Gasteiger partial charge in [0.1, 0.15) is 5.38 Å². The van der Waals surface area contributed by atoms with Crippen LogP contribution in [-0.2, 0) is 14.3 Å². The van der Waals surface area contributed by atoms with Gasteiger partial charge in [-0.2, -0.15) is 0 Å². The van der Waals surface area contributed by atoms with E-state index in [0.717, 1.165) is 12.0 Å². The van der Waals surface area contributed by atoms with Crippen LogP contribution in [0.2, 0.25) is 0 Å². The summed E-state index contributed by atoms with van der Waals surface area (Å²) in [4.78, 5) is 22.5. The van der Waals surface area contributed by atoms with Crippen molar-refractivity contribution in [2.24, 2.45) is 0 Å². The fourth-order valence-corrected chi connectivity index (χ4v) is 1.31. The van der Waals surface area contributed by atoms with E-state index in [4.69, 9.17) is 16.3 Å². The van der Waals surface area contributed by atoms with Crippen molar-refractivity contribution in [3.8, 4) is 0 Å². The number of carbonyl (C=O) groups excluding carboxylic acids is 2. The van der Waals surface area contributed by atoms with Gasteiger partial charge >= 0.3 is 5.97 Å². The zero-order chi connectivity index (χ0) is 10.7. The second kappa shape index (κ2) is 4.60. The lowest BCUT2D eigenvalue weighted by Gasteiger charge is -2.20. The predicted octanol–water partition coefficient (Wildman–Crippen LogP) is 1.83. The molecule has 2 atom stereocenters. The first-order valence-corrected chi connectivity index (χ1v) is 5.00. The standard InChI is InChI=1S/C10H13ClO3/c1-6-3-4-9(8(12)5-6)14-10(13)7(2)11/h5,7,9H,3-4H2,1-2H3. The minimum atomic E-state index is -0.699. The molecule has 1 aliphatic rings. The lowest BCUT2D eigenvalue weighted by atomic mass is 9.97. The molecule has 0 aromatic rings. The molecule has 0 heterocycles. The number of rotatable bonds is 2. The molecule has 0 amide bonds. The van der Waals surface area contributed by atoms with Gasteiger partial charge in [0.25, 0.3) is 0 Å². The fourth-order valence-electron chi connectivity index (χ4n) is 1.26. The molecule has 0 aromatic heterocycles. The zero-order valence-electron chi connectivity index (χ0n) is 8.25. The number of esters is 1. The molecule has 0 N–H and O–H groups in total. The summed E-state index contributed by atoms with van der Waals surface area (Å²) in [5.41, 5.74) is 1.03. The summed E-state index contributed by atoms with van der Waals surface area (Å²) >= 11 is 5.52. The summed E-state index contributed by atoms with van der Waals surface area (Å²) in [6.45, 7) is 3.42. The van der Waals surface area contributed by atoms with E-state index in [1.807, 2.05) is 6.92 Å². The third kappa shape index (κ3) is 2.84. The van der Waals surface area contributed by atoms with Crippen LogP contribution in [-0.4, -0.2) is 23.2 Å². The molecule has 0 saturated carbocycles. The molecule has 2 unspecified atom stereocenters. The molecule has 0 aliphatic heterocycles. The largest absolute Gasteiger partial charge is 0.453 e. The van der Waals surface area contributed by atoms with Crippen LogP contribution in [0.5, 0.6) is 0 Å². The maximum atomic E-state index is 11.4. The SMILES string of the molecule is CC1=CC(=O)C(OC(=O)C(C)Cl)CC1. The zero-order valence-corrected chi connectivity index (χ0v) is 9.00. The highest BCUT2D eigenvalue weighted by Crippen LogP contribution is 2.18. The number of ether oxygens (including phenoxy) is 1. The summed E-state index contributed by atoms with van der Waals surface area (Å²) < 4.78 is 4.95. The summed E-state index contributed by atoms with van der Waals surface area (Å²) in [5, 5.41) is -0.699. The molecular formula is C10H13ClO3. The van der Waals surface area contributed by atoms with E-state index >= 15 is 0 Å². The van der Waals surface area contributed by atoms with E-state index in [1.165, 1.54) is 13.0 Å². The van der Waals surface area contributed by atoms with E-state index in [1.54, 1.807) is 0 Å². The first kappa shape index (κ1) is 11.2. The molecule has 0 spiro atoms. The third-order valence-corrected chi connectivity index (χ3v) is 2.27. The van der Waals surface area contributed by atoms with Gasteiger partial charge in [-0.15, -0.1) is 11.6 Å². The van der Waals surface area contributed by atoms with Crippen molar-refractivity contribution in [3.05, 3.63) is 11.6 Å². The van der Waals surface area contributed by atoms with Crippen molar-refractivity contribution in [1.29, 1.82) is 0 Å². The van der Waals surface area contributed by atoms with E-state index in [9.17, 15) is 9.59 Å². The second-order valence-corrected chi connectivity index (χ2v) is 4.13. The molecule has 0 saturated heterocycles. The highest BCUT2D eigenvalue weighted by Gasteiger charge is 2.25. The van der Waals surface area contributed by atoms with Gasteiger partial charge in [-0.25, -0.2) is 0 Å². The lowest BCUT2D eigenvalue weighted by molar-refractivity contribution is -0.153. The molecule has 3 nitrogen and oxygen atoms in total. The maximum Gasteiger partial charge on any atom is 0.324 e. The number of halogens is 1. The van der Waals surface area contributed by atoms with E-state index in [0.29, 0.717) is 6.42 Å². The number of allylic oxidation sites excluding steroid dienone is 1. The Morgan fingerprint density at radius 1 is 1.71 bits per heavy atom. The molecule has 4 heteroatoms. The predicted molar refractivity (Wildman–Crippen MR) is 53.2 cm³/mol. The van der Waals surface area contributed by atoms with Gasteiger partial charge < -0.3 is 4.74 Å². The van der Waals surface area contributed by atoms with E-state index in [2.05, 4.69) is 0 Å². The number of carbonyl (C=O) groups is 2. The number of hydrogen-bond donors (Lipinski definition) is 0. The van der Waals surface area contributed by atoms with Gasteiger partial charge in [0, 0.05) is 0 Å². The lowest BCUT2D eigenvalue weighted by Crippen LogP contribution is -2.31. The van der Waals surface area contributed by atoms with Gasteiger partial charge in [0.05, 0.1) is 0 Å². The molecular weight excluding hydrogens is 204 g/mol. The second-order valence-electron chi connectivity index (χ2n) is 3.47. The van der Waals surface area contributed by atoms with Crippen LogP contribution in [0.25, 0.3) is 0 Å². The van der Waals surface area contributed by atoms with Crippen molar-refractivity contribution in [3.63, 3.8) is 0 Å². The van der Waals surface area contributed by atoms with Crippen molar-refractivity contribution in [2.45, 2.75) is 38.2 Å². The van der Waals surface area contributed by atoms with Gasteiger partial charge in [0.15, 0.2) is 11.9 Å². The normalized spacial score (nSPS) is 24.1. The third-order valence-electron chi connectivity index (χ3n) is 2.09. The molecule has 0 radical (unpaired) electrons. The van der Waals surface area contributed by atoms with E-state index in [-0.39, 0.29) is 5.78 Å². The van der Waals surface area contributed by atoms with Crippen molar-refractivity contribution < 1.29 is 14.3 Å². The number of ketones is 1. The number of alkyl halides is 1. The Hall–Kier alpha value is -0.830. The Bertz CT molecular complexity index is 281. The number of hydrogen-bond acceptors (Lipinski definition) is 3. The van der Waals surface area contributed by atoms with Crippen LogP contribution in [0, 0.1) is 0 Å². The van der Waals surface area contributed by atoms with Crippen LogP contribution in [0.15, 0.2) is 11.6 Å². The fraction of sp³-hybridized carbons (Fsp3) is 0.600. The summed E-state index contributed by atoms with van der Waals surface area (Å²) in [6, 6.07) is 0. The maximum absolute atomic E-state index is 11.4. The topological polar surface area (TPSA) is 43.4 Å². The van der Waals surface area contributed by atoms with Crippen LogP contribution in [0.4, 0.5) is 0 Å². The Kier molecular flexibility index (Phi) is 3.69. The quantitative estimate of drug-likeness (QED) is 0.523. The molecule has 0 bridgehead atoms. The highest BCUT2D eigenvalue weighted by molar-refractivity contribution is 6.29. The van der Waals surface area contributed by atoms with Crippen molar-refractivity contribution >= 4 is 23.4 Å². The van der Waals surface area contributed by atoms with Crippen LogP contribution < -0.4 is 0 Å². The Labute approximate surface area is 88.1 Å². The van der Waals surface area contributed by atoms with Crippen LogP contribution in [0.1, 0.15) is 26.7 Å².